The molecule has 0 spiro atoms. The Labute approximate surface area is 106 Å². The van der Waals surface area contributed by atoms with Crippen molar-refractivity contribution in [3.05, 3.63) is 48.5 Å². The van der Waals surface area contributed by atoms with Crippen molar-refractivity contribution in [1.29, 1.82) is 0 Å². The molecule has 1 aliphatic heterocycles. The predicted octanol–water partition coefficient (Wildman–Crippen LogP) is 1.44. The van der Waals surface area contributed by atoms with Gasteiger partial charge >= 0.3 is 0 Å². The maximum Gasteiger partial charge on any atom is 0.137 e. The van der Waals surface area contributed by atoms with Gasteiger partial charge in [-0.15, -0.1) is 0 Å². The molecular formula is C13H16N4O. The Bertz CT molecular complexity index is 499. The minimum atomic E-state index is -0.158. The van der Waals surface area contributed by atoms with Crippen LogP contribution in [0.25, 0.3) is 0 Å². The molecule has 1 aliphatic rings. The molecule has 2 aromatic rings. The number of likely N-dealkylation sites (N-methyl/N-ethyl adjacent to an activating group) is 1. The first kappa shape index (κ1) is 11.4. The third kappa shape index (κ3) is 1.81. The van der Waals surface area contributed by atoms with E-state index in [9.17, 15) is 0 Å². The Morgan fingerprint density at radius 3 is 2.78 bits per heavy atom. The minimum absolute atomic E-state index is 0.158. The first-order valence-electron chi connectivity index (χ1n) is 6.06. The number of nitrogens with zero attached hydrogens (tertiary/aromatic N) is 4. The Balaban J connectivity index is 1.99. The predicted molar refractivity (Wildman–Crippen MR) is 66.5 cm³/mol. The normalized spacial score (nSPS) is 24.5. The standard InChI is InChI=1S/C13H16N4O/c1-16-13(7-8-18-16,9-17-11-14-10-15-17)12-5-3-2-4-6-12/h2-6,10-11H,7-9H2,1H3. The molecule has 5 nitrogen and oxygen atoms in total. The van der Waals surface area contributed by atoms with E-state index in [1.807, 2.05) is 22.9 Å². The van der Waals surface area contributed by atoms with Crippen LogP contribution in [0.15, 0.2) is 43.0 Å². The third-order valence-corrected chi connectivity index (χ3v) is 3.60. The highest BCUT2D eigenvalue weighted by molar-refractivity contribution is 5.24. The fourth-order valence-corrected chi connectivity index (χ4v) is 2.56. The lowest BCUT2D eigenvalue weighted by atomic mass is 9.87. The maximum atomic E-state index is 5.64. The first-order chi connectivity index (χ1) is 8.81. The lowest BCUT2D eigenvalue weighted by molar-refractivity contribution is -0.150. The van der Waals surface area contributed by atoms with Gasteiger partial charge in [0.1, 0.15) is 12.7 Å². The largest absolute Gasteiger partial charge is 0.298 e. The van der Waals surface area contributed by atoms with Crippen LogP contribution in [0.2, 0.25) is 0 Å². The summed E-state index contributed by atoms with van der Waals surface area (Å²) in [6.07, 6.45) is 4.26. The summed E-state index contributed by atoms with van der Waals surface area (Å²) in [5, 5.41) is 6.16. The van der Waals surface area contributed by atoms with Crippen molar-refractivity contribution < 1.29 is 4.84 Å². The summed E-state index contributed by atoms with van der Waals surface area (Å²) in [5.41, 5.74) is 1.09. The van der Waals surface area contributed by atoms with Crippen LogP contribution >= 0.6 is 0 Å². The molecule has 1 unspecified atom stereocenters. The number of benzene rings is 1. The molecule has 0 bridgehead atoms. The van der Waals surface area contributed by atoms with Crippen molar-refractivity contribution in [2.75, 3.05) is 13.7 Å². The average Bonchev–Trinajstić information content (AvgIpc) is 3.03. The number of aromatic nitrogens is 3. The van der Waals surface area contributed by atoms with E-state index in [2.05, 4.69) is 34.3 Å². The molecule has 1 atom stereocenters. The molecule has 0 amide bonds. The highest BCUT2D eigenvalue weighted by Gasteiger charge is 2.42. The molecule has 1 aromatic heterocycles. The Morgan fingerprint density at radius 1 is 1.33 bits per heavy atom. The van der Waals surface area contributed by atoms with Crippen molar-refractivity contribution in [2.45, 2.75) is 18.5 Å². The molecule has 0 aliphatic carbocycles. The van der Waals surface area contributed by atoms with E-state index < -0.39 is 0 Å². The highest BCUT2D eigenvalue weighted by Crippen LogP contribution is 2.37. The summed E-state index contributed by atoms with van der Waals surface area (Å²) >= 11 is 0. The number of hydrogen-bond donors (Lipinski definition) is 0. The van der Waals surface area contributed by atoms with Crippen LogP contribution in [-0.4, -0.2) is 33.5 Å². The van der Waals surface area contributed by atoms with E-state index in [0.29, 0.717) is 0 Å². The van der Waals surface area contributed by atoms with E-state index >= 15 is 0 Å². The molecule has 0 saturated carbocycles. The maximum absolute atomic E-state index is 5.64. The monoisotopic (exact) mass is 244 g/mol. The van der Waals surface area contributed by atoms with Gasteiger partial charge in [0.2, 0.25) is 0 Å². The molecule has 1 saturated heterocycles. The zero-order valence-corrected chi connectivity index (χ0v) is 10.4. The topological polar surface area (TPSA) is 43.2 Å². The van der Waals surface area contributed by atoms with E-state index in [1.54, 1.807) is 12.7 Å². The summed E-state index contributed by atoms with van der Waals surface area (Å²) in [5.74, 6) is 0. The third-order valence-electron chi connectivity index (χ3n) is 3.60. The van der Waals surface area contributed by atoms with Crippen LogP contribution in [0, 0.1) is 0 Å². The summed E-state index contributed by atoms with van der Waals surface area (Å²) in [4.78, 5) is 9.65. The van der Waals surface area contributed by atoms with Gasteiger partial charge in [-0.2, -0.15) is 10.2 Å². The van der Waals surface area contributed by atoms with Crippen LogP contribution in [0.4, 0.5) is 0 Å². The van der Waals surface area contributed by atoms with E-state index in [4.69, 9.17) is 4.84 Å². The summed E-state index contributed by atoms with van der Waals surface area (Å²) in [7, 11) is 1.98. The molecule has 3 rings (SSSR count). The van der Waals surface area contributed by atoms with Gasteiger partial charge in [-0.3, -0.25) is 9.52 Å². The second-order valence-electron chi connectivity index (χ2n) is 4.57. The fourth-order valence-electron chi connectivity index (χ4n) is 2.56. The molecule has 94 valence electrons. The van der Waals surface area contributed by atoms with E-state index in [0.717, 1.165) is 19.6 Å². The zero-order chi connectivity index (χ0) is 12.4. The van der Waals surface area contributed by atoms with Crippen LogP contribution in [0.1, 0.15) is 12.0 Å². The van der Waals surface area contributed by atoms with E-state index in [1.165, 1.54) is 5.56 Å². The molecule has 2 heterocycles. The summed E-state index contributed by atoms with van der Waals surface area (Å²) in [6, 6.07) is 10.4. The Hall–Kier alpha value is -1.72. The van der Waals surface area contributed by atoms with E-state index in [-0.39, 0.29) is 5.54 Å². The van der Waals surface area contributed by atoms with Crippen LogP contribution in [0.3, 0.4) is 0 Å². The van der Waals surface area contributed by atoms with Gasteiger partial charge in [-0.25, -0.2) is 4.98 Å². The van der Waals surface area contributed by atoms with Crippen molar-refractivity contribution in [3.63, 3.8) is 0 Å². The molecule has 18 heavy (non-hydrogen) atoms. The molecule has 0 N–H and O–H groups in total. The van der Waals surface area contributed by atoms with Crippen LogP contribution < -0.4 is 0 Å². The van der Waals surface area contributed by atoms with Gasteiger partial charge in [0.05, 0.1) is 18.7 Å². The van der Waals surface area contributed by atoms with Crippen molar-refractivity contribution >= 4 is 0 Å². The minimum Gasteiger partial charge on any atom is -0.298 e. The first-order valence-corrected chi connectivity index (χ1v) is 6.06. The van der Waals surface area contributed by atoms with Gasteiger partial charge in [-0.05, 0) is 12.0 Å². The molecule has 1 fully saturated rings. The fraction of sp³-hybridized carbons (Fsp3) is 0.385. The Kier molecular flexibility index (Phi) is 2.85. The highest BCUT2D eigenvalue weighted by atomic mass is 16.7. The van der Waals surface area contributed by atoms with Gasteiger partial charge in [0.15, 0.2) is 0 Å². The van der Waals surface area contributed by atoms with Gasteiger partial charge in [0.25, 0.3) is 0 Å². The summed E-state index contributed by atoms with van der Waals surface area (Å²) < 4.78 is 1.86. The Morgan fingerprint density at radius 2 is 2.17 bits per heavy atom. The smallest absolute Gasteiger partial charge is 0.137 e. The number of rotatable bonds is 3. The van der Waals surface area contributed by atoms with Crippen molar-refractivity contribution in [3.8, 4) is 0 Å². The van der Waals surface area contributed by atoms with Crippen LogP contribution in [-0.2, 0) is 16.9 Å². The lowest BCUT2D eigenvalue weighted by Gasteiger charge is -2.34. The zero-order valence-electron chi connectivity index (χ0n) is 10.4. The van der Waals surface area contributed by atoms with Gasteiger partial charge in [0, 0.05) is 7.05 Å². The van der Waals surface area contributed by atoms with Gasteiger partial charge in [-0.1, -0.05) is 30.3 Å². The molecule has 1 aromatic carbocycles. The SMILES string of the molecule is CN1OCCC1(Cn1cncn1)c1ccccc1. The second kappa shape index (κ2) is 4.51. The quantitative estimate of drug-likeness (QED) is 0.819. The molecule has 0 radical (unpaired) electrons. The van der Waals surface area contributed by atoms with Crippen molar-refractivity contribution in [2.24, 2.45) is 0 Å². The average molecular weight is 244 g/mol. The van der Waals surface area contributed by atoms with Crippen molar-refractivity contribution in [1.82, 2.24) is 19.8 Å². The number of hydrogen-bond acceptors (Lipinski definition) is 4. The second-order valence-corrected chi connectivity index (χ2v) is 4.57. The summed E-state index contributed by atoms with van der Waals surface area (Å²) in [6.45, 7) is 1.48. The molecule has 5 heteroatoms. The number of hydroxylamine groups is 2. The van der Waals surface area contributed by atoms with Gasteiger partial charge < -0.3 is 0 Å². The molecular weight excluding hydrogens is 228 g/mol. The lowest BCUT2D eigenvalue weighted by Crippen LogP contribution is -2.41. The van der Waals surface area contributed by atoms with Crippen LogP contribution in [0.5, 0.6) is 0 Å².